The first-order valence-corrected chi connectivity index (χ1v) is 6.66. The van der Waals surface area contributed by atoms with Crippen molar-refractivity contribution < 1.29 is 9.47 Å². The van der Waals surface area contributed by atoms with Gasteiger partial charge in [0.25, 0.3) is 0 Å². The number of methoxy groups -OCH3 is 1. The minimum absolute atomic E-state index is 0.386. The minimum Gasteiger partial charge on any atom is -0.496 e. The van der Waals surface area contributed by atoms with Crippen LogP contribution in [0.3, 0.4) is 0 Å². The fourth-order valence-corrected chi connectivity index (χ4v) is 2.48. The highest BCUT2D eigenvalue weighted by Gasteiger charge is 2.23. The third-order valence-electron chi connectivity index (χ3n) is 3.69. The molecule has 0 amide bonds. The number of ether oxygens (including phenoxy) is 2. The summed E-state index contributed by atoms with van der Waals surface area (Å²) in [7, 11) is 1.72. The van der Waals surface area contributed by atoms with Gasteiger partial charge < -0.3 is 14.8 Å². The molecule has 100 valence electrons. The summed E-state index contributed by atoms with van der Waals surface area (Å²) < 4.78 is 10.9. The predicted molar refractivity (Wildman–Crippen MR) is 73.0 cm³/mol. The molecule has 1 aromatic carbocycles. The molecule has 1 heterocycles. The maximum absolute atomic E-state index is 5.57. The van der Waals surface area contributed by atoms with Crippen LogP contribution in [0.4, 0.5) is 0 Å². The summed E-state index contributed by atoms with van der Waals surface area (Å²) in [6.07, 6.45) is 1.55. The predicted octanol–water partition coefficient (Wildman–Crippen LogP) is 2.52. The Kier molecular flexibility index (Phi) is 4.61. The summed E-state index contributed by atoms with van der Waals surface area (Å²) in [5.74, 6) is 1.60. The van der Waals surface area contributed by atoms with Gasteiger partial charge in [-0.2, -0.15) is 0 Å². The van der Waals surface area contributed by atoms with Gasteiger partial charge in [-0.25, -0.2) is 0 Å². The highest BCUT2D eigenvalue weighted by atomic mass is 16.5. The lowest BCUT2D eigenvalue weighted by Crippen LogP contribution is -2.26. The van der Waals surface area contributed by atoms with Gasteiger partial charge in [0.1, 0.15) is 5.75 Å². The molecule has 18 heavy (non-hydrogen) atoms. The number of hydrogen-bond donors (Lipinski definition) is 1. The molecule has 1 aromatic rings. The lowest BCUT2D eigenvalue weighted by molar-refractivity contribution is 0.105. The number of rotatable bonds is 5. The van der Waals surface area contributed by atoms with Crippen molar-refractivity contribution in [3.05, 3.63) is 29.3 Å². The van der Waals surface area contributed by atoms with E-state index in [9.17, 15) is 0 Å². The zero-order valence-corrected chi connectivity index (χ0v) is 11.5. The molecule has 2 rings (SSSR count). The summed E-state index contributed by atoms with van der Waals surface area (Å²) in [5.41, 5.74) is 2.49. The fourth-order valence-electron chi connectivity index (χ4n) is 2.48. The minimum atomic E-state index is 0.386. The van der Waals surface area contributed by atoms with Crippen molar-refractivity contribution in [2.24, 2.45) is 5.92 Å². The van der Waals surface area contributed by atoms with Gasteiger partial charge >= 0.3 is 0 Å². The monoisotopic (exact) mass is 249 g/mol. The van der Waals surface area contributed by atoms with Crippen molar-refractivity contribution in [1.29, 1.82) is 0 Å². The van der Waals surface area contributed by atoms with E-state index in [2.05, 4.69) is 31.3 Å². The van der Waals surface area contributed by atoms with E-state index in [1.165, 1.54) is 17.5 Å². The zero-order valence-electron chi connectivity index (χ0n) is 11.5. The molecule has 0 aromatic heterocycles. The van der Waals surface area contributed by atoms with Gasteiger partial charge in [0.15, 0.2) is 0 Å². The molecule has 1 saturated heterocycles. The molecule has 1 aliphatic heterocycles. The number of nitrogens with one attached hydrogen (secondary N) is 1. The lowest BCUT2D eigenvalue weighted by atomic mass is 10.0. The van der Waals surface area contributed by atoms with E-state index in [1.54, 1.807) is 7.11 Å². The van der Waals surface area contributed by atoms with E-state index >= 15 is 0 Å². The number of benzene rings is 1. The molecule has 2 unspecified atom stereocenters. The Morgan fingerprint density at radius 1 is 1.44 bits per heavy atom. The van der Waals surface area contributed by atoms with Gasteiger partial charge in [-0.3, -0.25) is 0 Å². The molecule has 2 atom stereocenters. The van der Waals surface area contributed by atoms with E-state index in [0.29, 0.717) is 12.0 Å². The standard InChI is InChI=1S/C15H23NO2/c1-11-4-5-15(17-3)14(8-11)10-16-9-13-6-7-18-12(13)2/h4-5,8,12-13,16H,6-7,9-10H2,1-3H3. The average Bonchev–Trinajstić information content (AvgIpc) is 2.76. The van der Waals surface area contributed by atoms with Crippen LogP contribution < -0.4 is 10.1 Å². The lowest BCUT2D eigenvalue weighted by Gasteiger charge is -2.16. The van der Waals surface area contributed by atoms with Crippen LogP contribution in [0.25, 0.3) is 0 Å². The maximum atomic E-state index is 5.57. The van der Waals surface area contributed by atoms with Crippen LogP contribution in [0.5, 0.6) is 5.75 Å². The van der Waals surface area contributed by atoms with E-state index in [0.717, 1.165) is 25.4 Å². The largest absolute Gasteiger partial charge is 0.496 e. The summed E-state index contributed by atoms with van der Waals surface area (Å²) in [5, 5.41) is 3.52. The highest BCUT2D eigenvalue weighted by Crippen LogP contribution is 2.21. The van der Waals surface area contributed by atoms with Crippen LogP contribution in [0.15, 0.2) is 18.2 Å². The van der Waals surface area contributed by atoms with Crippen molar-refractivity contribution in [3.63, 3.8) is 0 Å². The Bertz CT molecular complexity index is 392. The first kappa shape index (κ1) is 13.4. The van der Waals surface area contributed by atoms with Crippen molar-refractivity contribution >= 4 is 0 Å². The van der Waals surface area contributed by atoms with Crippen molar-refractivity contribution in [2.45, 2.75) is 32.9 Å². The van der Waals surface area contributed by atoms with E-state index in [-0.39, 0.29) is 0 Å². The summed E-state index contributed by atoms with van der Waals surface area (Å²) in [6.45, 7) is 7.04. The van der Waals surface area contributed by atoms with Crippen LogP contribution in [0.2, 0.25) is 0 Å². The topological polar surface area (TPSA) is 30.5 Å². The second-order valence-corrected chi connectivity index (χ2v) is 5.07. The Labute approximate surface area is 109 Å². The van der Waals surface area contributed by atoms with E-state index < -0.39 is 0 Å². The Hall–Kier alpha value is -1.06. The molecule has 3 heteroatoms. The normalized spacial score (nSPS) is 23.3. The Morgan fingerprint density at radius 3 is 2.94 bits per heavy atom. The third kappa shape index (κ3) is 3.24. The van der Waals surface area contributed by atoms with Gasteiger partial charge in [-0.15, -0.1) is 0 Å². The van der Waals surface area contributed by atoms with Gasteiger partial charge in [-0.05, 0) is 32.3 Å². The van der Waals surface area contributed by atoms with Gasteiger partial charge in [-0.1, -0.05) is 17.7 Å². The molecule has 1 N–H and O–H groups in total. The van der Waals surface area contributed by atoms with Crippen LogP contribution in [0.1, 0.15) is 24.5 Å². The number of aryl methyl sites for hydroxylation is 1. The summed E-state index contributed by atoms with van der Waals surface area (Å²) in [4.78, 5) is 0. The maximum Gasteiger partial charge on any atom is 0.123 e. The van der Waals surface area contributed by atoms with Gasteiger partial charge in [0.05, 0.1) is 13.2 Å². The van der Waals surface area contributed by atoms with Crippen molar-refractivity contribution in [2.75, 3.05) is 20.3 Å². The highest BCUT2D eigenvalue weighted by molar-refractivity contribution is 5.36. The third-order valence-corrected chi connectivity index (χ3v) is 3.69. The molecule has 0 saturated carbocycles. The zero-order chi connectivity index (χ0) is 13.0. The van der Waals surface area contributed by atoms with Crippen LogP contribution >= 0.6 is 0 Å². The first-order valence-electron chi connectivity index (χ1n) is 6.66. The van der Waals surface area contributed by atoms with E-state index in [4.69, 9.17) is 9.47 Å². The first-order chi connectivity index (χ1) is 8.70. The van der Waals surface area contributed by atoms with Gasteiger partial charge in [0.2, 0.25) is 0 Å². The molecule has 1 fully saturated rings. The Morgan fingerprint density at radius 2 is 2.28 bits per heavy atom. The second kappa shape index (κ2) is 6.21. The molecule has 0 radical (unpaired) electrons. The number of hydrogen-bond acceptors (Lipinski definition) is 3. The molecule has 0 bridgehead atoms. The summed E-state index contributed by atoms with van der Waals surface area (Å²) >= 11 is 0. The summed E-state index contributed by atoms with van der Waals surface area (Å²) in [6, 6.07) is 6.29. The second-order valence-electron chi connectivity index (χ2n) is 5.07. The molecule has 0 aliphatic carbocycles. The molecule has 1 aliphatic rings. The van der Waals surface area contributed by atoms with E-state index in [1.807, 2.05) is 6.07 Å². The molecular weight excluding hydrogens is 226 g/mol. The van der Waals surface area contributed by atoms with Crippen LogP contribution in [0, 0.1) is 12.8 Å². The molecule has 0 spiro atoms. The Balaban J connectivity index is 1.87. The SMILES string of the molecule is COc1ccc(C)cc1CNCC1CCOC1C. The quantitative estimate of drug-likeness (QED) is 0.870. The average molecular weight is 249 g/mol. The smallest absolute Gasteiger partial charge is 0.123 e. The van der Waals surface area contributed by atoms with Crippen molar-refractivity contribution in [3.8, 4) is 5.75 Å². The fraction of sp³-hybridized carbons (Fsp3) is 0.600. The molecular formula is C15H23NO2. The van der Waals surface area contributed by atoms with Crippen LogP contribution in [-0.2, 0) is 11.3 Å². The van der Waals surface area contributed by atoms with Crippen LogP contribution in [-0.4, -0.2) is 26.4 Å². The van der Waals surface area contributed by atoms with Crippen molar-refractivity contribution in [1.82, 2.24) is 5.32 Å². The molecule has 3 nitrogen and oxygen atoms in total. The van der Waals surface area contributed by atoms with Gasteiger partial charge in [0, 0.05) is 25.3 Å².